The number of aromatic nitrogens is 1. The van der Waals surface area contributed by atoms with Gasteiger partial charge in [-0.2, -0.15) is 0 Å². The second-order valence-electron chi connectivity index (χ2n) is 7.00. The zero-order chi connectivity index (χ0) is 22.8. The number of nitrogens with zero attached hydrogens (tertiary/aromatic N) is 1. The van der Waals surface area contributed by atoms with Crippen LogP contribution in [-0.2, 0) is 9.47 Å². The van der Waals surface area contributed by atoms with Crippen molar-refractivity contribution in [1.29, 1.82) is 0 Å². The Labute approximate surface area is 186 Å². The monoisotopic (exact) mass is 435 g/mol. The molecule has 0 aliphatic heterocycles. The van der Waals surface area contributed by atoms with Crippen LogP contribution in [0.15, 0.2) is 66.7 Å². The van der Waals surface area contributed by atoms with Gasteiger partial charge in [-0.15, -0.1) is 0 Å². The van der Waals surface area contributed by atoms with Crippen LogP contribution in [0.4, 0.5) is 0 Å². The Balaban J connectivity index is 1.40. The summed E-state index contributed by atoms with van der Waals surface area (Å²) in [6.07, 6.45) is 0. The van der Waals surface area contributed by atoms with E-state index in [1.54, 1.807) is 6.07 Å². The lowest BCUT2D eigenvalue weighted by atomic mass is 10.2. The first-order valence-electron chi connectivity index (χ1n) is 10.2. The zero-order valence-electron chi connectivity index (χ0n) is 18.1. The number of aryl methyl sites for hydroxylation is 2. The van der Waals surface area contributed by atoms with Crippen LogP contribution in [-0.4, -0.2) is 43.4 Å². The summed E-state index contributed by atoms with van der Waals surface area (Å²) in [5, 5.41) is 0. The minimum atomic E-state index is -0.644. The molecule has 0 aliphatic rings. The smallest absolute Gasteiger partial charge is 0.357 e. The van der Waals surface area contributed by atoms with Gasteiger partial charge in [0.1, 0.15) is 49.3 Å². The van der Waals surface area contributed by atoms with Crippen molar-refractivity contribution in [2.24, 2.45) is 0 Å². The molecular weight excluding hydrogens is 410 g/mol. The van der Waals surface area contributed by atoms with Crippen LogP contribution >= 0.6 is 0 Å². The Bertz CT molecular complexity index is 950. The minimum absolute atomic E-state index is 0.0192. The quantitative estimate of drug-likeness (QED) is 0.349. The number of hydrogen-bond acceptors (Lipinski definition) is 7. The highest BCUT2D eigenvalue weighted by atomic mass is 16.6. The molecule has 7 heteroatoms. The van der Waals surface area contributed by atoms with Gasteiger partial charge < -0.3 is 18.9 Å². The van der Waals surface area contributed by atoms with Gasteiger partial charge in [0.2, 0.25) is 0 Å². The highest BCUT2D eigenvalue weighted by Crippen LogP contribution is 2.12. The minimum Gasteiger partial charge on any atom is -0.490 e. The van der Waals surface area contributed by atoms with Crippen LogP contribution in [0.1, 0.15) is 32.1 Å². The first kappa shape index (κ1) is 22.8. The molecule has 0 bridgehead atoms. The molecule has 0 amide bonds. The number of carbonyl (C=O) groups excluding carboxylic acids is 2. The molecule has 0 fully saturated rings. The number of benzene rings is 2. The highest BCUT2D eigenvalue weighted by Gasteiger charge is 2.14. The summed E-state index contributed by atoms with van der Waals surface area (Å²) in [6, 6.07) is 19.6. The van der Waals surface area contributed by atoms with Gasteiger partial charge in [0, 0.05) is 0 Å². The fourth-order valence-electron chi connectivity index (χ4n) is 2.67. The maximum atomic E-state index is 12.2. The lowest BCUT2D eigenvalue weighted by Crippen LogP contribution is -2.17. The third-order valence-electron chi connectivity index (χ3n) is 4.38. The van der Waals surface area contributed by atoms with Crippen LogP contribution < -0.4 is 9.47 Å². The Kier molecular flexibility index (Phi) is 8.20. The molecule has 1 aromatic heterocycles. The van der Waals surface area contributed by atoms with E-state index in [4.69, 9.17) is 18.9 Å². The summed E-state index contributed by atoms with van der Waals surface area (Å²) < 4.78 is 21.4. The molecule has 3 aromatic rings. The van der Waals surface area contributed by atoms with Crippen molar-refractivity contribution >= 4 is 11.9 Å². The molecule has 0 atom stereocenters. The molecule has 0 saturated carbocycles. The van der Waals surface area contributed by atoms with Gasteiger partial charge in [0.05, 0.1) is 0 Å². The molecule has 2 aromatic carbocycles. The van der Waals surface area contributed by atoms with E-state index >= 15 is 0 Å². The van der Waals surface area contributed by atoms with Crippen molar-refractivity contribution in [3.05, 3.63) is 89.2 Å². The van der Waals surface area contributed by atoms with Crippen molar-refractivity contribution in [2.75, 3.05) is 26.4 Å². The third-order valence-corrected chi connectivity index (χ3v) is 4.38. The van der Waals surface area contributed by atoms with Gasteiger partial charge in [-0.05, 0) is 50.2 Å². The molecule has 7 nitrogen and oxygen atoms in total. The fraction of sp³-hybridized carbons (Fsp3) is 0.240. The topological polar surface area (TPSA) is 84.0 Å². The van der Waals surface area contributed by atoms with Crippen LogP contribution in [0.5, 0.6) is 11.5 Å². The molecule has 0 spiro atoms. The number of ether oxygens (including phenoxy) is 4. The van der Waals surface area contributed by atoms with E-state index in [1.165, 1.54) is 12.1 Å². The summed E-state index contributed by atoms with van der Waals surface area (Å²) in [4.78, 5) is 28.4. The van der Waals surface area contributed by atoms with Gasteiger partial charge in [0.15, 0.2) is 0 Å². The standard InChI is InChI=1S/C25H25NO6/c1-18-6-10-20(11-7-18)29-14-16-31-24(27)22-4-3-5-23(26-22)25(28)32-17-15-30-21-12-8-19(2)9-13-21/h3-13H,14-17H2,1-2H3. The van der Waals surface area contributed by atoms with E-state index in [0.29, 0.717) is 11.5 Å². The average Bonchev–Trinajstić information content (AvgIpc) is 2.81. The summed E-state index contributed by atoms with van der Waals surface area (Å²) in [7, 11) is 0. The molecule has 0 aliphatic carbocycles. The molecule has 3 rings (SSSR count). The largest absolute Gasteiger partial charge is 0.490 e. The van der Waals surface area contributed by atoms with Crippen molar-refractivity contribution in [3.8, 4) is 11.5 Å². The van der Waals surface area contributed by atoms with Crippen molar-refractivity contribution in [3.63, 3.8) is 0 Å². The Morgan fingerprint density at radius 2 is 1.03 bits per heavy atom. The van der Waals surface area contributed by atoms with E-state index in [-0.39, 0.29) is 37.8 Å². The Morgan fingerprint density at radius 3 is 1.44 bits per heavy atom. The second kappa shape index (κ2) is 11.5. The van der Waals surface area contributed by atoms with E-state index in [1.807, 2.05) is 62.4 Å². The van der Waals surface area contributed by atoms with E-state index in [2.05, 4.69) is 4.98 Å². The maximum absolute atomic E-state index is 12.2. The molecular formula is C25H25NO6. The first-order chi connectivity index (χ1) is 15.5. The third kappa shape index (κ3) is 7.12. The van der Waals surface area contributed by atoms with Gasteiger partial charge in [-0.3, -0.25) is 0 Å². The predicted molar refractivity (Wildman–Crippen MR) is 118 cm³/mol. The lowest BCUT2D eigenvalue weighted by molar-refractivity contribution is 0.0434. The molecule has 0 unspecified atom stereocenters. The summed E-state index contributed by atoms with van der Waals surface area (Å²) >= 11 is 0. The molecule has 166 valence electrons. The summed E-state index contributed by atoms with van der Waals surface area (Å²) in [6.45, 7) is 4.50. The average molecular weight is 435 g/mol. The summed E-state index contributed by atoms with van der Waals surface area (Å²) in [5.74, 6) is 0.103. The van der Waals surface area contributed by atoms with E-state index < -0.39 is 11.9 Å². The molecule has 1 heterocycles. The predicted octanol–water partition coefficient (Wildman–Crippen LogP) is 4.17. The van der Waals surface area contributed by atoms with Crippen LogP contribution in [0.2, 0.25) is 0 Å². The summed E-state index contributed by atoms with van der Waals surface area (Å²) in [5.41, 5.74) is 2.30. The molecule has 0 radical (unpaired) electrons. The van der Waals surface area contributed by atoms with E-state index in [0.717, 1.165) is 11.1 Å². The molecule has 0 N–H and O–H groups in total. The van der Waals surface area contributed by atoms with Gasteiger partial charge in [-0.25, -0.2) is 14.6 Å². The SMILES string of the molecule is Cc1ccc(OCCOC(=O)c2cccc(C(=O)OCCOc3ccc(C)cc3)n2)cc1. The van der Waals surface area contributed by atoms with Crippen LogP contribution in [0.3, 0.4) is 0 Å². The lowest BCUT2D eigenvalue weighted by Gasteiger charge is -2.09. The maximum Gasteiger partial charge on any atom is 0.357 e. The highest BCUT2D eigenvalue weighted by molar-refractivity contribution is 5.91. The fourth-order valence-corrected chi connectivity index (χ4v) is 2.67. The van der Waals surface area contributed by atoms with Crippen molar-refractivity contribution in [1.82, 2.24) is 4.98 Å². The number of esters is 2. The zero-order valence-corrected chi connectivity index (χ0v) is 18.1. The second-order valence-corrected chi connectivity index (χ2v) is 7.00. The van der Waals surface area contributed by atoms with Gasteiger partial charge in [-0.1, -0.05) is 41.5 Å². The number of hydrogen-bond donors (Lipinski definition) is 0. The van der Waals surface area contributed by atoms with Gasteiger partial charge in [0.25, 0.3) is 0 Å². The van der Waals surface area contributed by atoms with E-state index in [9.17, 15) is 9.59 Å². The Hall–Kier alpha value is -3.87. The normalized spacial score (nSPS) is 10.3. The van der Waals surface area contributed by atoms with Crippen LogP contribution in [0.25, 0.3) is 0 Å². The Morgan fingerprint density at radius 1 is 0.625 bits per heavy atom. The first-order valence-corrected chi connectivity index (χ1v) is 10.2. The van der Waals surface area contributed by atoms with Crippen molar-refractivity contribution < 1.29 is 28.5 Å². The van der Waals surface area contributed by atoms with Crippen LogP contribution in [0, 0.1) is 13.8 Å². The number of rotatable bonds is 10. The van der Waals surface area contributed by atoms with Gasteiger partial charge >= 0.3 is 11.9 Å². The molecule has 32 heavy (non-hydrogen) atoms. The number of carbonyl (C=O) groups is 2. The molecule has 0 saturated heterocycles. The number of pyridine rings is 1. The van der Waals surface area contributed by atoms with Crippen molar-refractivity contribution in [2.45, 2.75) is 13.8 Å².